The minimum absolute atomic E-state index is 0.0224. The zero-order valence-electron chi connectivity index (χ0n) is 20.1. The van der Waals surface area contributed by atoms with E-state index < -0.39 is 6.17 Å². The summed E-state index contributed by atoms with van der Waals surface area (Å²) in [7, 11) is 1.83. The highest BCUT2D eigenvalue weighted by atomic mass is 32.2. The van der Waals surface area contributed by atoms with Gasteiger partial charge in [-0.3, -0.25) is 4.79 Å². The van der Waals surface area contributed by atoms with Crippen molar-refractivity contribution in [2.45, 2.75) is 95.4 Å². The lowest BCUT2D eigenvalue weighted by Crippen LogP contribution is -2.56. The smallest absolute Gasteiger partial charge is 0.246 e. The highest BCUT2D eigenvalue weighted by Crippen LogP contribution is 2.45. The third kappa shape index (κ3) is 5.06. The molecule has 0 aromatic carbocycles. The zero-order chi connectivity index (χ0) is 22.8. The van der Waals surface area contributed by atoms with Crippen LogP contribution in [0.15, 0.2) is 11.8 Å². The fraction of sp³-hybridized carbons (Fsp3) is 0.880. The number of alkyl halides is 1. The number of amides is 1. The van der Waals surface area contributed by atoms with Crippen LogP contribution in [0.3, 0.4) is 0 Å². The molecule has 8 atom stereocenters. The summed E-state index contributed by atoms with van der Waals surface area (Å²) >= 11 is 2.03. The monoisotopic (exact) mass is 468 g/mol. The summed E-state index contributed by atoms with van der Waals surface area (Å²) in [5, 5.41) is 0.593. The minimum Gasteiger partial charge on any atom is -0.371 e. The van der Waals surface area contributed by atoms with Crippen LogP contribution in [-0.2, 0) is 14.4 Å². The second-order valence-corrected chi connectivity index (χ2v) is 12.0. The van der Waals surface area contributed by atoms with E-state index in [2.05, 4.69) is 32.5 Å². The van der Waals surface area contributed by atoms with Crippen LogP contribution in [0.5, 0.6) is 0 Å². The van der Waals surface area contributed by atoms with E-state index in [9.17, 15) is 4.79 Å². The number of likely N-dealkylation sites (N-methyl/N-ethyl adjacent to an activating group) is 1. The molecule has 2 saturated carbocycles. The number of carbonyl (C=O) groups excluding carboxylic acids is 1. The summed E-state index contributed by atoms with van der Waals surface area (Å²) in [4.78, 5) is 19.9. The standard InChI is InChI=1S/C25H41FN2O3S/c1-5-32-16-9-10-21(31-22-8-6-7-17(15(2)3)23(22)26)19(13-16)20-14-28(4)25(29)24-18(20)11-12-30-27-24/h14-19,21-24,27H,5-13H2,1-4H3. The number of halogens is 1. The van der Waals surface area contributed by atoms with Gasteiger partial charge in [0.2, 0.25) is 5.91 Å². The largest absolute Gasteiger partial charge is 0.371 e. The van der Waals surface area contributed by atoms with Crippen molar-refractivity contribution in [3.63, 3.8) is 0 Å². The van der Waals surface area contributed by atoms with Crippen LogP contribution in [-0.4, -0.2) is 59.9 Å². The average Bonchev–Trinajstić information content (AvgIpc) is 2.78. The van der Waals surface area contributed by atoms with E-state index in [1.807, 2.05) is 18.8 Å². The highest BCUT2D eigenvalue weighted by Gasteiger charge is 2.46. The van der Waals surface area contributed by atoms with Crippen molar-refractivity contribution in [3.05, 3.63) is 11.8 Å². The summed E-state index contributed by atoms with van der Waals surface area (Å²) in [5.74, 6) is 1.96. The first-order valence-corrected chi connectivity index (χ1v) is 13.7. The van der Waals surface area contributed by atoms with Gasteiger partial charge in [0.15, 0.2) is 0 Å². The molecule has 0 bridgehead atoms. The maximum absolute atomic E-state index is 15.4. The number of ether oxygens (including phenoxy) is 1. The molecule has 2 aliphatic heterocycles. The Hall–Kier alpha value is -0.630. The van der Waals surface area contributed by atoms with Gasteiger partial charge in [0, 0.05) is 30.3 Å². The molecule has 0 radical (unpaired) electrons. The number of nitrogens with zero attached hydrogens (tertiary/aromatic N) is 1. The van der Waals surface area contributed by atoms with Gasteiger partial charge in [0.25, 0.3) is 0 Å². The van der Waals surface area contributed by atoms with Gasteiger partial charge in [0.05, 0.1) is 18.8 Å². The molecule has 0 aromatic rings. The number of hydroxylamine groups is 1. The van der Waals surface area contributed by atoms with Crippen LogP contribution in [0.1, 0.15) is 65.7 Å². The van der Waals surface area contributed by atoms with E-state index in [1.165, 1.54) is 5.57 Å². The Morgan fingerprint density at radius 3 is 2.78 bits per heavy atom. The first-order valence-electron chi connectivity index (χ1n) is 12.7. The van der Waals surface area contributed by atoms with Crippen LogP contribution in [0.4, 0.5) is 4.39 Å². The first-order chi connectivity index (χ1) is 15.4. The van der Waals surface area contributed by atoms with Gasteiger partial charge < -0.3 is 14.5 Å². The Bertz CT molecular complexity index is 690. The third-order valence-electron chi connectivity index (χ3n) is 8.09. The van der Waals surface area contributed by atoms with Crippen molar-refractivity contribution in [2.75, 3.05) is 19.4 Å². The molecule has 5 nitrogen and oxygen atoms in total. The Kier molecular flexibility index (Phi) is 8.23. The predicted molar refractivity (Wildman–Crippen MR) is 127 cm³/mol. The molecule has 1 N–H and O–H groups in total. The maximum Gasteiger partial charge on any atom is 0.246 e. The van der Waals surface area contributed by atoms with E-state index in [4.69, 9.17) is 9.57 Å². The molecule has 0 spiro atoms. The molecule has 0 aromatic heterocycles. The summed E-state index contributed by atoms with van der Waals surface area (Å²) in [6, 6.07) is -0.331. The fourth-order valence-electron chi connectivity index (χ4n) is 6.36. The number of thioether (sulfide) groups is 1. The number of nitrogens with one attached hydrogen (secondary N) is 1. The van der Waals surface area contributed by atoms with E-state index >= 15 is 4.39 Å². The van der Waals surface area contributed by atoms with Crippen molar-refractivity contribution in [3.8, 4) is 0 Å². The molecular weight excluding hydrogens is 427 g/mol. The highest BCUT2D eigenvalue weighted by molar-refractivity contribution is 7.99. The van der Waals surface area contributed by atoms with Crippen molar-refractivity contribution in [1.82, 2.24) is 10.4 Å². The Morgan fingerprint density at radius 2 is 2.03 bits per heavy atom. The topological polar surface area (TPSA) is 50.8 Å². The summed E-state index contributed by atoms with van der Waals surface area (Å²) in [6.07, 6.45) is 7.69. The van der Waals surface area contributed by atoms with E-state index in [0.717, 1.165) is 50.7 Å². The zero-order valence-corrected chi connectivity index (χ0v) is 20.9. The number of hydrogen-bond acceptors (Lipinski definition) is 5. The Labute approximate surface area is 197 Å². The molecule has 2 aliphatic carbocycles. The normalized spacial score (nSPS) is 40.9. The molecule has 8 unspecified atom stereocenters. The van der Waals surface area contributed by atoms with Gasteiger partial charge in [-0.25, -0.2) is 4.39 Å². The summed E-state index contributed by atoms with van der Waals surface area (Å²) in [5.41, 5.74) is 4.29. The quantitative estimate of drug-likeness (QED) is 0.611. The van der Waals surface area contributed by atoms with E-state index in [-0.39, 0.29) is 41.9 Å². The molecule has 3 fully saturated rings. The van der Waals surface area contributed by atoms with Crippen molar-refractivity contribution in [2.24, 2.45) is 23.7 Å². The van der Waals surface area contributed by atoms with Crippen LogP contribution in [0.2, 0.25) is 0 Å². The van der Waals surface area contributed by atoms with Gasteiger partial charge in [-0.05, 0) is 61.7 Å². The van der Waals surface area contributed by atoms with Crippen molar-refractivity contribution >= 4 is 17.7 Å². The second-order valence-electron chi connectivity index (χ2n) is 10.4. The minimum atomic E-state index is -0.880. The number of hydrogen-bond donors (Lipinski definition) is 1. The molecule has 4 rings (SSSR count). The van der Waals surface area contributed by atoms with Gasteiger partial charge in [0.1, 0.15) is 12.2 Å². The lowest BCUT2D eigenvalue weighted by Gasteiger charge is -2.46. The average molecular weight is 469 g/mol. The predicted octanol–water partition coefficient (Wildman–Crippen LogP) is 4.72. The van der Waals surface area contributed by atoms with Gasteiger partial charge >= 0.3 is 0 Å². The van der Waals surface area contributed by atoms with Crippen LogP contribution >= 0.6 is 11.8 Å². The van der Waals surface area contributed by atoms with Crippen LogP contribution in [0.25, 0.3) is 0 Å². The number of carbonyl (C=O) groups is 1. The van der Waals surface area contributed by atoms with Crippen LogP contribution in [0, 0.1) is 23.7 Å². The number of fused-ring (bicyclic) bond motifs is 1. The lowest BCUT2D eigenvalue weighted by atomic mass is 9.72. The molecular formula is C25H41FN2O3S. The second kappa shape index (κ2) is 10.7. The molecule has 7 heteroatoms. The molecule has 32 heavy (non-hydrogen) atoms. The SMILES string of the molecule is CCSC1CCC(OC2CCCC(C(C)C)C2F)C(C2=CN(C)C(=O)C3NOCCC23)C1. The van der Waals surface area contributed by atoms with Gasteiger partial charge in [-0.1, -0.05) is 27.2 Å². The molecule has 182 valence electrons. The molecule has 1 amide bonds. The molecule has 1 saturated heterocycles. The van der Waals surface area contributed by atoms with E-state index in [0.29, 0.717) is 17.8 Å². The lowest BCUT2D eigenvalue weighted by molar-refractivity contribution is -0.144. The fourth-order valence-corrected chi connectivity index (χ4v) is 7.48. The van der Waals surface area contributed by atoms with Crippen molar-refractivity contribution in [1.29, 1.82) is 0 Å². The van der Waals surface area contributed by atoms with E-state index in [1.54, 1.807) is 4.90 Å². The van der Waals surface area contributed by atoms with Gasteiger partial charge in [-0.2, -0.15) is 17.2 Å². The molecule has 2 heterocycles. The number of rotatable bonds is 6. The first kappa shape index (κ1) is 24.5. The van der Waals surface area contributed by atoms with Crippen LogP contribution < -0.4 is 5.48 Å². The van der Waals surface area contributed by atoms with Gasteiger partial charge in [-0.15, -0.1) is 0 Å². The van der Waals surface area contributed by atoms with Crippen molar-refractivity contribution < 1.29 is 18.8 Å². The third-order valence-corrected chi connectivity index (χ3v) is 9.33. The summed E-state index contributed by atoms with van der Waals surface area (Å²) < 4.78 is 22.1. The summed E-state index contributed by atoms with van der Waals surface area (Å²) in [6.45, 7) is 7.09. The molecule has 4 aliphatic rings. The Morgan fingerprint density at radius 1 is 1.22 bits per heavy atom. The Balaban J connectivity index is 1.57. The maximum atomic E-state index is 15.4.